The van der Waals surface area contributed by atoms with Crippen LogP contribution in [0.5, 0.6) is 0 Å². The Labute approximate surface area is 66.1 Å². The molecule has 0 aromatic rings. The normalized spacial score (nSPS) is 13.2. The number of rotatable bonds is 4. The average molecular weight is 162 g/mol. The highest BCUT2D eigenvalue weighted by molar-refractivity contribution is 5.70. The van der Waals surface area contributed by atoms with Gasteiger partial charge in [0.15, 0.2) is 6.29 Å². The van der Waals surface area contributed by atoms with Crippen molar-refractivity contribution in [2.24, 2.45) is 0 Å². The lowest BCUT2D eigenvalue weighted by Gasteiger charge is -2.09. The first-order chi connectivity index (χ1) is 5.02. The van der Waals surface area contributed by atoms with Crippen LogP contribution in [0.15, 0.2) is 0 Å². The topological polar surface area (TPSA) is 55.8 Å². The number of hydrogen-bond acceptors (Lipinski definition) is 4. The second kappa shape index (κ2) is 5.09. The highest BCUT2D eigenvalue weighted by Gasteiger charge is 2.06. The van der Waals surface area contributed by atoms with Crippen molar-refractivity contribution in [3.63, 3.8) is 0 Å². The van der Waals surface area contributed by atoms with Crippen LogP contribution in [0.4, 0.5) is 0 Å². The molecule has 4 nitrogen and oxygen atoms in total. The Morgan fingerprint density at radius 2 is 2.00 bits per heavy atom. The van der Waals surface area contributed by atoms with Gasteiger partial charge < -0.3 is 14.6 Å². The van der Waals surface area contributed by atoms with Crippen LogP contribution in [0.3, 0.4) is 0 Å². The van der Waals surface area contributed by atoms with Gasteiger partial charge in [-0.1, -0.05) is 0 Å². The van der Waals surface area contributed by atoms with Crippen LogP contribution in [0.25, 0.3) is 0 Å². The van der Waals surface area contributed by atoms with Gasteiger partial charge in [0, 0.05) is 0 Å². The third-order valence-electron chi connectivity index (χ3n) is 0.810. The lowest BCUT2D eigenvalue weighted by Crippen LogP contribution is -2.20. The molecule has 1 N–H and O–H groups in total. The van der Waals surface area contributed by atoms with Crippen molar-refractivity contribution in [2.45, 2.75) is 33.2 Å². The van der Waals surface area contributed by atoms with Gasteiger partial charge in [0.2, 0.25) is 0 Å². The molecule has 0 spiro atoms. The van der Waals surface area contributed by atoms with Gasteiger partial charge in [-0.25, -0.2) is 4.79 Å². The summed E-state index contributed by atoms with van der Waals surface area (Å²) in [5, 5.41) is 8.61. The lowest BCUT2D eigenvalue weighted by molar-refractivity contribution is -0.163. The smallest absolute Gasteiger partial charge is 0.332 e. The third-order valence-corrected chi connectivity index (χ3v) is 0.810. The average Bonchev–Trinajstić information content (AvgIpc) is 1.82. The number of esters is 1. The molecule has 1 unspecified atom stereocenters. The highest BCUT2D eigenvalue weighted by atomic mass is 16.6. The van der Waals surface area contributed by atoms with E-state index in [1.807, 2.05) is 0 Å². The molecule has 0 rings (SSSR count). The molecule has 1 atom stereocenters. The minimum absolute atomic E-state index is 0.139. The van der Waals surface area contributed by atoms with Crippen LogP contribution >= 0.6 is 0 Å². The summed E-state index contributed by atoms with van der Waals surface area (Å²) in [5.41, 5.74) is 0. The van der Waals surface area contributed by atoms with Gasteiger partial charge in [-0.3, -0.25) is 0 Å². The van der Waals surface area contributed by atoms with Crippen molar-refractivity contribution in [3.8, 4) is 0 Å². The van der Waals surface area contributed by atoms with Gasteiger partial charge in [-0.05, 0) is 20.8 Å². The molecule has 11 heavy (non-hydrogen) atoms. The van der Waals surface area contributed by atoms with E-state index >= 15 is 0 Å². The second-order valence-electron chi connectivity index (χ2n) is 2.45. The highest BCUT2D eigenvalue weighted by Crippen LogP contribution is 1.91. The van der Waals surface area contributed by atoms with Crippen molar-refractivity contribution < 1.29 is 19.4 Å². The van der Waals surface area contributed by atoms with Crippen LogP contribution in [0.1, 0.15) is 20.8 Å². The van der Waals surface area contributed by atoms with Crippen LogP contribution in [-0.4, -0.2) is 30.1 Å². The first kappa shape index (κ1) is 10.4. The zero-order chi connectivity index (χ0) is 8.85. The van der Waals surface area contributed by atoms with Crippen LogP contribution in [0.2, 0.25) is 0 Å². The molecule has 0 saturated heterocycles. The molecule has 0 saturated carbocycles. The van der Waals surface area contributed by atoms with Crippen molar-refractivity contribution in [1.82, 2.24) is 0 Å². The van der Waals surface area contributed by atoms with Crippen LogP contribution in [-0.2, 0) is 14.3 Å². The monoisotopic (exact) mass is 162 g/mol. The van der Waals surface area contributed by atoms with Gasteiger partial charge in [-0.2, -0.15) is 0 Å². The minimum atomic E-state index is -0.922. The first-order valence-corrected chi connectivity index (χ1v) is 3.51. The molecule has 0 aliphatic rings. The number of aliphatic hydroxyl groups excluding tert-OH is 1. The van der Waals surface area contributed by atoms with E-state index in [4.69, 9.17) is 9.84 Å². The summed E-state index contributed by atoms with van der Waals surface area (Å²) in [6.45, 7) is 4.74. The summed E-state index contributed by atoms with van der Waals surface area (Å²) in [6, 6.07) is 0. The Hall–Kier alpha value is -0.610. The SMILES string of the molecule is CC(C)OC(=O)COC(C)O. The van der Waals surface area contributed by atoms with Crippen molar-refractivity contribution in [3.05, 3.63) is 0 Å². The Balaban J connectivity index is 3.38. The molecular weight excluding hydrogens is 148 g/mol. The summed E-state index contributed by atoms with van der Waals surface area (Å²) in [5.74, 6) is -0.457. The van der Waals surface area contributed by atoms with Crippen LogP contribution < -0.4 is 0 Å². The van der Waals surface area contributed by atoms with Gasteiger partial charge >= 0.3 is 5.97 Å². The molecule has 0 amide bonds. The molecule has 4 heteroatoms. The van der Waals surface area contributed by atoms with Gasteiger partial charge in [0.05, 0.1) is 6.10 Å². The summed E-state index contributed by atoms with van der Waals surface area (Å²) in [7, 11) is 0. The van der Waals surface area contributed by atoms with E-state index in [2.05, 4.69) is 4.74 Å². The van der Waals surface area contributed by atoms with E-state index in [0.29, 0.717) is 0 Å². The van der Waals surface area contributed by atoms with Crippen molar-refractivity contribution in [1.29, 1.82) is 0 Å². The Morgan fingerprint density at radius 1 is 1.45 bits per heavy atom. The molecule has 0 heterocycles. The van der Waals surface area contributed by atoms with E-state index in [1.54, 1.807) is 13.8 Å². The van der Waals surface area contributed by atoms with E-state index < -0.39 is 12.3 Å². The number of ether oxygens (including phenoxy) is 2. The van der Waals surface area contributed by atoms with E-state index in [1.165, 1.54) is 6.92 Å². The molecule has 0 fully saturated rings. The quantitative estimate of drug-likeness (QED) is 0.477. The maximum atomic E-state index is 10.7. The molecule has 66 valence electrons. The molecule has 0 aliphatic carbocycles. The van der Waals surface area contributed by atoms with Gasteiger partial charge in [0.25, 0.3) is 0 Å². The fourth-order valence-electron chi connectivity index (χ4n) is 0.486. The fraction of sp³-hybridized carbons (Fsp3) is 0.857. The molecule has 0 bridgehead atoms. The lowest BCUT2D eigenvalue weighted by atomic mass is 10.5. The predicted octanol–water partition coefficient (Wildman–Crippen LogP) is 0.293. The standard InChI is InChI=1S/C7H14O4/c1-5(2)11-7(9)4-10-6(3)8/h5-6,8H,4H2,1-3H3. The molecule has 0 aromatic heterocycles. The Bertz CT molecular complexity index is 120. The second-order valence-corrected chi connectivity index (χ2v) is 2.45. The third kappa shape index (κ3) is 7.29. The molecule has 0 aliphatic heterocycles. The summed E-state index contributed by atoms with van der Waals surface area (Å²) >= 11 is 0. The van der Waals surface area contributed by atoms with Gasteiger partial charge in [0.1, 0.15) is 6.61 Å². The number of aliphatic hydroxyl groups is 1. The van der Waals surface area contributed by atoms with Crippen molar-refractivity contribution >= 4 is 5.97 Å². The maximum absolute atomic E-state index is 10.7. The van der Waals surface area contributed by atoms with Gasteiger partial charge in [-0.15, -0.1) is 0 Å². The predicted molar refractivity (Wildman–Crippen MR) is 38.9 cm³/mol. The minimum Gasteiger partial charge on any atom is -0.461 e. The van der Waals surface area contributed by atoms with E-state index in [0.717, 1.165) is 0 Å². The van der Waals surface area contributed by atoms with E-state index in [9.17, 15) is 4.79 Å². The number of carbonyl (C=O) groups is 1. The Morgan fingerprint density at radius 3 is 2.36 bits per heavy atom. The molecule has 0 aromatic carbocycles. The molecular formula is C7H14O4. The zero-order valence-corrected chi connectivity index (χ0v) is 7.03. The molecule has 0 radical (unpaired) electrons. The summed E-state index contributed by atoms with van der Waals surface area (Å²) in [6.07, 6.45) is -1.06. The van der Waals surface area contributed by atoms with Crippen molar-refractivity contribution in [2.75, 3.05) is 6.61 Å². The fourth-order valence-corrected chi connectivity index (χ4v) is 0.486. The number of hydrogen-bond donors (Lipinski definition) is 1. The summed E-state index contributed by atoms with van der Waals surface area (Å²) < 4.78 is 9.31. The largest absolute Gasteiger partial charge is 0.461 e. The van der Waals surface area contributed by atoms with E-state index in [-0.39, 0.29) is 12.7 Å². The number of carbonyl (C=O) groups excluding carboxylic acids is 1. The van der Waals surface area contributed by atoms with Crippen LogP contribution in [0, 0.1) is 0 Å². The zero-order valence-electron chi connectivity index (χ0n) is 7.03. The first-order valence-electron chi connectivity index (χ1n) is 3.51. The maximum Gasteiger partial charge on any atom is 0.332 e. The Kier molecular flexibility index (Phi) is 4.81. The summed E-state index contributed by atoms with van der Waals surface area (Å²) in [4.78, 5) is 10.7.